The molecule has 0 spiro atoms. The Morgan fingerprint density at radius 1 is 1.12 bits per heavy atom. The van der Waals surface area contributed by atoms with Gasteiger partial charge in [0.05, 0.1) is 19.3 Å². The first kappa shape index (κ1) is 17.5. The Hall–Kier alpha value is -2.27. The van der Waals surface area contributed by atoms with E-state index in [-0.39, 0.29) is 18.1 Å². The van der Waals surface area contributed by atoms with Gasteiger partial charge in [0.25, 0.3) is 0 Å². The lowest BCUT2D eigenvalue weighted by Crippen LogP contribution is -2.55. The van der Waals surface area contributed by atoms with Crippen LogP contribution < -0.4 is 4.74 Å². The van der Waals surface area contributed by atoms with E-state index in [0.29, 0.717) is 32.7 Å². The number of nitrogens with zero attached hydrogens (tertiary/aromatic N) is 2. The lowest BCUT2D eigenvalue weighted by molar-refractivity contribution is -0.145. The van der Waals surface area contributed by atoms with Gasteiger partial charge in [-0.15, -0.1) is 0 Å². The van der Waals surface area contributed by atoms with E-state index >= 15 is 0 Å². The van der Waals surface area contributed by atoms with Gasteiger partial charge >= 0.3 is 0 Å². The molecule has 5 nitrogen and oxygen atoms in total. The summed E-state index contributed by atoms with van der Waals surface area (Å²) >= 11 is 0. The van der Waals surface area contributed by atoms with Crippen molar-refractivity contribution in [3.8, 4) is 5.75 Å². The van der Waals surface area contributed by atoms with E-state index in [9.17, 15) is 4.79 Å². The van der Waals surface area contributed by atoms with Crippen molar-refractivity contribution in [3.05, 3.63) is 54.9 Å². The van der Waals surface area contributed by atoms with E-state index in [2.05, 4.69) is 11.5 Å². The van der Waals surface area contributed by atoms with E-state index in [1.165, 1.54) is 0 Å². The fraction of sp³-hybridized carbons (Fsp3) is 0.450. The minimum absolute atomic E-state index is 0.169. The van der Waals surface area contributed by atoms with Gasteiger partial charge in [-0.3, -0.25) is 4.79 Å². The number of hydrogen-bond acceptors (Lipinski definition) is 3. The number of ether oxygens (including phenoxy) is 2. The van der Waals surface area contributed by atoms with Crippen LogP contribution in [0.5, 0.6) is 5.75 Å². The number of amides is 1. The summed E-state index contributed by atoms with van der Waals surface area (Å²) in [6.45, 7) is 4.79. The van der Waals surface area contributed by atoms with Gasteiger partial charge in [0.1, 0.15) is 5.75 Å². The van der Waals surface area contributed by atoms with Crippen LogP contribution in [0.1, 0.15) is 25.8 Å². The summed E-state index contributed by atoms with van der Waals surface area (Å²) in [7, 11) is 0. The molecule has 1 saturated heterocycles. The molecule has 1 aromatic heterocycles. The van der Waals surface area contributed by atoms with Crippen molar-refractivity contribution in [2.24, 2.45) is 0 Å². The number of rotatable bonds is 9. The van der Waals surface area contributed by atoms with Gasteiger partial charge in [-0.1, -0.05) is 18.2 Å². The maximum Gasteiger partial charge on any atom is 0.224 e. The molecular formula is C20H26N2O3. The van der Waals surface area contributed by atoms with Crippen molar-refractivity contribution in [1.82, 2.24) is 9.47 Å². The summed E-state index contributed by atoms with van der Waals surface area (Å²) in [5.74, 6) is 1.09. The van der Waals surface area contributed by atoms with Crippen molar-refractivity contribution in [2.75, 3.05) is 26.3 Å². The lowest BCUT2D eigenvalue weighted by Gasteiger charge is -2.39. The molecule has 0 unspecified atom stereocenters. The summed E-state index contributed by atoms with van der Waals surface area (Å²) < 4.78 is 13.5. The Kier molecular flexibility index (Phi) is 6.12. The maximum atomic E-state index is 12.2. The average molecular weight is 342 g/mol. The van der Waals surface area contributed by atoms with Gasteiger partial charge in [0.15, 0.2) is 0 Å². The molecule has 0 aliphatic carbocycles. The topological polar surface area (TPSA) is 43.7 Å². The largest absolute Gasteiger partial charge is 0.494 e. The Bertz CT molecular complexity index is 636. The minimum atomic E-state index is 0.169. The molecule has 3 rings (SSSR count). The number of hydrogen-bond donors (Lipinski definition) is 0. The molecule has 1 aliphatic rings. The minimum Gasteiger partial charge on any atom is -0.494 e. The van der Waals surface area contributed by atoms with Gasteiger partial charge in [0, 0.05) is 44.4 Å². The summed E-state index contributed by atoms with van der Waals surface area (Å²) in [6, 6.07) is 13.9. The smallest absolute Gasteiger partial charge is 0.224 e. The van der Waals surface area contributed by atoms with Crippen LogP contribution in [0.25, 0.3) is 0 Å². The zero-order valence-electron chi connectivity index (χ0n) is 14.7. The molecule has 1 amide bonds. The van der Waals surface area contributed by atoms with E-state index in [1.807, 2.05) is 59.8 Å². The van der Waals surface area contributed by atoms with Crippen molar-refractivity contribution < 1.29 is 14.3 Å². The molecule has 5 heteroatoms. The van der Waals surface area contributed by atoms with Gasteiger partial charge in [-0.2, -0.15) is 0 Å². The second kappa shape index (κ2) is 8.72. The third kappa shape index (κ3) is 5.10. The molecule has 2 heterocycles. The van der Waals surface area contributed by atoms with E-state index in [0.717, 1.165) is 12.2 Å². The number of carbonyl (C=O) groups is 1. The van der Waals surface area contributed by atoms with Gasteiger partial charge < -0.3 is 18.9 Å². The Labute approximate surface area is 149 Å². The van der Waals surface area contributed by atoms with Gasteiger partial charge in [0.2, 0.25) is 5.91 Å². The highest BCUT2D eigenvalue weighted by molar-refractivity contribution is 5.77. The Morgan fingerprint density at radius 3 is 2.56 bits per heavy atom. The molecule has 0 N–H and O–H groups in total. The molecule has 1 aliphatic heterocycles. The Balaban J connectivity index is 1.25. The second-order valence-electron chi connectivity index (χ2n) is 6.49. The first-order valence-corrected chi connectivity index (χ1v) is 8.92. The first-order chi connectivity index (χ1) is 12.2. The number of likely N-dealkylation sites (tertiary alicyclic amines) is 1. The molecule has 1 fully saturated rings. The zero-order chi connectivity index (χ0) is 17.5. The van der Waals surface area contributed by atoms with Crippen molar-refractivity contribution in [3.63, 3.8) is 0 Å². The maximum absolute atomic E-state index is 12.2. The third-order valence-corrected chi connectivity index (χ3v) is 4.46. The molecule has 25 heavy (non-hydrogen) atoms. The number of aromatic nitrogens is 1. The molecule has 0 radical (unpaired) electrons. The normalized spacial score (nSPS) is 15.6. The number of para-hydroxylation sites is 1. The molecule has 134 valence electrons. The van der Waals surface area contributed by atoms with Crippen LogP contribution in [0.3, 0.4) is 0 Å². The van der Waals surface area contributed by atoms with Gasteiger partial charge in [-0.25, -0.2) is 0 Å². The van der Waals surface area contributed by atoms with Crippen molar-refractivity contribution in [2.45, 2.75) is 31.9 Å². The Morgan fingerprint density at radius 2 is 1.84 bits per heavy atom. The molecule has 1 atom stereocenters. The zero-order valence-corrected chi connectivity index (χ0v) is 14.7. The molecule has 0 saturated carbocycles. The van der Waals surface area contributed by atoms with E-state index in [4.69, 9.17) is 9.47 Å². The molecule has 0 bridgehead atoms. The third-order valence-electron chi connectivity index (χ3n) is 4.46. The van der Waals surface area contributed by atoms with Gasteiger partial charge in [-0.05, 0) is 31.2 Å². The van der Waals surface area contributed by atoms with Crippen LogP contribution >= 0.6 is 0 Å². The lowest BCUT2D eigenvalue weighted by atomic mass is 10.1. The van der Waals surface area contributed by atoms with E-state index in [1.54, 1.807) is 0 Å². The van der Waals surface area contributed by atoms with Crippen LogP contribution in [0.15, 0.2) is 54.9 Å². The number of carbonyl (C=O) groups excluding carboxylic acids is 1. The SMILES string of the molecule is C[C@@H](CC(=O)N1CC(OCCCOc2ccccc2)C1)n1cccc1. The van der Waals surface area contributed by atoms with E-state index < -0.39 is 0 Å². The summed E-state index contributed by atoms with van der Waals surface area (Å²) in [6.07, 6.45) is 5.55. The second-order valence-corrected chi connectivity index (χ2v) is 6.49. The van der Waals surface area contributed by atoms with Crippen LogP contribution in [-0.4, -0.2) is 47.8 Å². The molecule has 2 aromatic rings. The first-order valence-electron chi connectivity index (χ1n) is 8.92. The average Bonchev–Trinajstić information content (AvgIpc) is 3.11. The predicted octanol–water partition coefficient (Wildman–Crippen LogP) is 3.14. The molecule has 1 aromatic carbocycles. The summed E-state index contributed by atoms with van der Waals surface area (Å²) in [5, 5.41) is 0. The highest BCUT2D eigenvalue weighted by Crippen LogP contribution is 2.18. The van der Waals surface area contributed by atoms with Crippen LogP contribution in [0.4, 0.5) is 0 Å². The highest BCUT2D eigenvalue weighted by atomic mass is 16.5. The summed E-state index contributed by atoms with van der Waals surface area (Å²) in [4.78, 5) is 14.1. The number of benzene rings is 1. The monoisotopic (exact) mass is 342 g/mol. The van der Waals surface area contributed by atoms with Crippen molar-refractivity contribution >= 4 is 5.91 Å². The summed E-state index contributed by atoms with van der Waals surface area (Å²) in [5.41, 5.74) is 0. The van der Waals surface area contributed by atoms with Crippen LogP contribution in [0.2, 0.25) is 0 Å². The van der Waals surface area contributed by atoms with Crippen molar-refractivity contribution in [1.29, 1.82) is 0 Å². The fourth-order valence-electron chi connectivity index (χ4n) is 2.89. The standard InChI is InChI=1S/C20H26N2O3/c1-17(21-10-5-6-11-21)14-20(23)22-15-19(16-22)25-13-7-12-24-18-8-3-2-4-9-18/h2-6,8-11,17,19H,7,12-16H2,1H3/t17-/m0/s1. The predicted molar refractivity (Wildman–Crippen MR) is 96.6 cm³/mol. The molecular weight excluding hydrogens is 316 g/mol. The quantitative estimate of drug-likeness (QED) is 0.658. The highest BCUT2D eigenvalue weighted by Gasteiger charge is 2.31. The van der Waals surface area contributed by atoms with Crippen LogP contribution in [-0.2, 0) is 9.53 Å². The van der Waals surface area contributed by atoms with Crippen LogP contribution in [0, 0.1) is 0 Å². The fourth-order valence-corrected chi connectivity index (χ4v) is 2.89.